The van der Waals surface area contributed by atoms with Crippen LogP contribution in [0.4, 0.5) is 4.39 Å². The quantitative estimate of drug-likeness (QED) is 0.868. The van der Waals surface area contributed by atoms with E-state index in [-0.39, 0.29) is 11.6 Å². The standard InChI is InChI=1S/C16H24FNO2/c1-12(2)10-19-15-7-3-6-14(17)16(15)20-11-13-5-4-8-18-9-13/h3,6-7,12-13,18H,4-5,8-11H2,1-2H3. The Bertz CT molecular complexity index is 417. The predicted molar refractivity (Wildman–Crippen MR) is 77.8 cm³/mol. The van der Waals surface area contributed by atoms with Gasteiger partial charge in [0, 0.05) is 12.5 Å². The zero-order chi connectivity index (χ0) is 14.4. The smallest absolute Gasteiger partial charge is 0.197 e. The fraction of sp³-hybridized carbons (Fsp3) is 0.625. The lowest BCUT2D eigenvalue weighted by molar-refractivity contribution is 0.194. The number of nitrogens with one attached hydrogen (secondary N) is 1. The highest BCUT2D eigenvalue weighted by Crippen LogP contribution is 2.31. The molecular weight excluding hydrogens is 257 g/mol. The molecule has 4 heteroatoms. The Hall–Kier alpha value is -1.29. The van der Waals surface area contributed by atoms with Gasteiger partial charge in [0.1, 0.15) is 0 Å². The summed E-state index contributed by atoms with van der Waals surface area (Å²) in [5, 5.41) is 3.34. The third kappa shape index (κ3) is 4.37. The minimum Gasteiger partial charge on any atom is -0.489 e. The summed E-state index contributed by atoms with van der Waals surface area (Å²) in [5.74, 6) is 1.24. The first-order valence-electron chi connectivity index (χ1n) is 7.41. The summed E-state index contributed by atoms with van der Waals surface area (Å²) in [6.07, 6.45) is 2.28. The number of benzene rings is 1. The van der Waals surface area contributed by atoms with Crippen LogP contribution in [0, 0.1) is 17.7 Å². The third-order valence-electron chi connectivity index (χ3n) is 3.37. The molecule has 0 bridgehead atoms. The molecule has 1 aliphatic rings. The van der Waals surface area contributed by atoms with E-state index in [9.17, 15) is 4.39 Å². The van der Waals surface area contributed by atoms with E-state index in [4.69, 9.17) is 9.47 Å². The van der Waals surface area contributed by atoms with E-state index in [0.717, 1.165) is 25.9 Å². The molecule has 1 fully saturated rings. The number of halogens is 1. The summed E-state index contributed by atoms with van der Waals surface area (Å²) in [4.78, 5) is 0. The average Bonchev–Trinajstić information content (AvgIpc) is 2.45. The lowest BCUT2D eigenvalue weighted by Crippen LogP contribution is -2.33. The van der Waals surface area contributed by atoms with Gasteiger partial charge in [-0.05, 0) is 37.4 Å². The van der Waals surface area contributed by atoms with Crippen LogP contribution >= 0.6 is 0 Å². The molecule has 1 aliphatic heterocycles. The molecule has 1 unspecified atom stereocenters. The number of para-hydroxylation sites is 1. The lowest BCUT2D eigenvalue weighted by atomic mass is 10.0. The second-order valence-corrected chi connectivity index (χ2v) is 5.80. The first-order valence-corrected chi connectivity index (χ1v) is 7.41. The van der Waals surface area contributed by atoms with Gasteiger partial charge in [-0.25, -0.2) is 4.39 Å². The van der Waals surface area contributed by atoms with Crippen molar-refractivity contribution in [1.29, 1.82) is 0 Å². The molecule has 1 aromatic carbocycles. The van der Waals surface area contributed by atoms with E-state index in [1.807, 2.05) is 0 Å². The number of hydrogen-bond donors (Lipinski definition) is 1. The molecule has 0 aromatic heterocycles. The Balaban J connectivity index is 1.97. The molecule has 1 N–H and O–H groups in total. The summed E-state index contributed by atoms with van der Waals surface area (Å²) in [7, 11) is 0. The van der Waals surface area contributed by atoms with Crippen molar-refractivity contribution in [2.75, 3.05) is 26.3 Å². The van der Waals surface area contributed by atoms with Crippen molar-refractivity contribution in [3.8, 4) is 11.5 Å². The van der Waals surface area contributed by atoms with Gasteiger partial charge >= 0.3 is 0 Å². The van der Waals surface area contributed by atoms with Crippen molar-refractivity contribution in [3.63, 3.8) is 0 Å². The SMILES string of the molecule is CC(C)COc1cccc(F)c1OCC1CCCNC1. The molecular formula is C16H24FNO2. The lowest BCUT2D eigenvalue weighted by Gasteiger charge is -2.23. The van der Waals surface area contributed by atoms with Crippen LogP contribution in [0.1, 0.15) is 26.7 Å². The van der Waals surface area contributed by atoms with Crippen LogP contribution in [0.15, 0.2) is 18.2 Å². The van der Waals surface area contributed by atoms with Crippen LogP contribution in [-0.2, 0) is 0 Å². The average molecular weight is 281 g/mol. The van der Waals surface area contributed by atoms with Gasteiger partial charge in [0.25, 0.3) is 0 Å². The van der Waals surface area contributed by atoms with Crippen molar-refractivity contribution >= 4 is 0 Å². The van der Waals surface area contributed by atoms with E-state index >= 15 is 0 Å². The van der Waals surface area contributed by atoms with Crippen LogP contribution in [0.3, 0.4) is 0 Å². The normalized spacial score (nSPS) is 19.1. The molecule has 2 rings (SSSR count). The molecule has 3 nitrogen and oxygen atoms in total. The highest BCUT2D eigenvalue weighted by Gasteiger charge is 2.17. The Morgan fingerprint density at radius 3 is 2.90 bits per heavy atom. The Morgan fingerprint density at radius 1 is 1.35 bits per heavy atom. The molecule has 0 spiro atoms. The van der Waals surface area contributed by atoms with Gasteiger partial charge in [0.15, 0.2) is 17.3 Å². The predicted octanol–water partition coefficient (Wildman–Crippen LogP) is 3.24. The van der Waals surface area contributed by atoms with Gasteiger partial charge in [-0.1, -0.05) is 19.9 Å². The van der Waals surface area contributed by atoms with Crippen molar-refractivity contribution in [2.24, 2.45) is 11.8 Å². The van der Waals surface area contributed by atoms with E-state index in [2.05, 4.69) is 19.2 Å². The van der Waals surface area contributed by atoms with Crippen LogP contribution in [0.25, 0.3) is 0 Å². The summed E-state index contributed by atoms with van der Waals surface area (Å²) in [6.45, 7) is 7.23. The molecule has 1 atom stereocenters. The van der Waals surface area contributed by atoms with E-state index in [0.29, 0.717) is 30.8 Å². The molecule has 0 amide bonds. The largest absolute Gasteiger partial charge is 0.489 e. The summed E-state index contributed by atoms with van der Waals surface area (Å²) < 4.78 is 25.2. The number of hydrogen-bond acceptors (Lipinski definition) is 3. The summed E-state index contributed by atoms with van der Waals surface area (Å²) >= 11 is 0. The van der Waals surface area contributed by atoms with Gasteiger partial charge in [-0.3, -0.25) is 0 Å². The van der Waals surface area contributed by atoms with Gasteiger partial charge < -0.3 is 14.8 Å². The minimum absolute atomic E-state index is 0.249. The molecule has 112 valence electrons. The molecule has 0 aliphatic carbocycles. The second-order valence-electron chi connectivity index (χ2n) is 5.80. The van der Waals surface area contributed by atoms with Gasteiger partial charge in [0.2, 0.25) is 0 Å². The van der Waals surface area contributed by atoms with E-state index < -0.39 is 0 Å². The highest BCUT2D eigenvalue weighted by atomic mass is 19.1. The minimum atomic E-state index is -0.352. The Morgan fingerprint density at radius 2 is 2.20 bits per heavy atom. The fourth-order valence-electron chi connectivity index (χ4n) is 2.27. The monoisotopic (exact) mass is 281 g/mol. The maximum Gasteiger partial charge on any atom is 0.197 e. The number of piperidine rings is 1. The van der Waals surface area contributed by atoms with Crippen LogP contribution in [-0.4, -0.2) is 26.3 Å². The first-order chi connectivity index (χ1) is 9.66. The van der Waals surface area contributed by atoms with Crippen molar-refractivity contribution in [3.05, 3.63) is 24.0 Å². The van der Waals surface area contributed by atoms with Crippen LogP contribution in [0.5, 0.6) is 11.5 Å². The molecule has 1 aromatic rings. The van der Waals surface area contributed by atoms with E-state index in [1.54, 1.807) is 12.1 Å². The third-order valence-corrected chi connectivity index (χ3v) is 3.37. The summed E-state index contributed by atoms with van der Waals surface area (Å²) in [6, 6.07) is 4.83. The fourth-order valence-corrected chi connectivity index (χ4v) is 2.27. The van der Waals surface area contributed by atoms with Crippen LogP contribution < -0.4 is 14.8 Å². The Labute approximate surface area is 120 Å². The van der Waals surface area contributed by atoms with Gasteiger partial charge in [-0.15, -0.1) is 0 Å². The number of rotatable bonds is 6. The first kappa shape index (κ1) is 15.1. The van der Waals surface area contributed by atoms with Crippen molar-refractivity contribution < 1.29 is 13.9 Å². The van der Waals surface area contributed by atoms with Crippen LogP contribution in [0.2, 0.25) is 0 Å². The summed E-state index contributed by atoms with van der Waals surface area (Å²) in [5.41, 5.74) is 0. The highest BCUT2D eigenvalue weighted by molar-refractivity contribution is 5.40. The molecule has 0 radical (unpaired) electrons. The molecule has 1 heterocycles. The van der Waals surface area contributed by atoms with Gasteiger partial charge in [-0.2, -0.15) is 0 Å². The second kappa shape index (κ2) is 7.48. The molecule has 1 saturated heterocycles. The van der Waals surface area contributed by atoms with Gasteiger partial charge in [0.05, 0.1) is 13.2 Å². The number of ether oxygens (including phenoxy) is 2. The van der Waals surface area contributed by atoms with E-state index in [1.165, 1.54) is 6.07 Å². The molecule has 20 heavy (non-hydrogen) atoms. The maximum absolute atomic E-state index is 13.9. The van der Waals surface area contributed by atoms with Crippen molar-refractivity contribution in [1.82, 2.24) is 5.32 Å². The zero-order valence-corrected chi connectivity index (χ0v) is 12.3. The topological polar surface area (TPSA) is 30.5 Å². The van der Waals surface area contributed by atoms with Crippen molar-refractivity contribution in [2.45, 2.75) is 26.7 Å². The maximum atomic E-state index is 13.9. The zero-order valence-electron chi connectivity index (χ0n) is 12.3. The Kier molecular flexibility index (Phi) is 5.65. The molecule has 0 saturated carbocycles.